The number of carboxylic acids is 1. The van der Waals surface area contributed by atoms with E-state index >= 15 is 0 Å². The first-order valence-electron chi connectivity index (χ1n) is 4.05. The number of alkyl halides is 2. The van der Waals surface area contributed by atoms with Gasteiger partial charge in [-0.05, 0) is 6.07 Å². The molecule has 0 aliphatic carbocycles. The minimum atomic E-state index is -2.86. The molecule has 1 aromatic rings. The molecule has 1 N–H and O–H groups in total. The highest BCUT2D eigenvalue weighted by atomic mass is 35.5. The molecule has 0 saturated heterocycles. The van der Waals surface area contributed by atoms with Gasteiger partial charge in [0.05, 0.1) is 22.7 Å². The predicted octanol–water partition coefficient (Wildman–Crippen LogP) is 2.17. The molecule has 84 valence electrons. The molecule has 0 aromatic carbocycles. The van der Waals surface area contributed by atoms with Gasteiger partial charge in [-0.25, -0.2) is 13.8 Å². The van der Waals surface area contributed by atoms with Crippen molar-refractivity contribution in [3.8, 4) is 6.07 Å². The fourth-order valence-corrected chi connectivity index (χ4v) is 1.35. The second-order valence-electron chi connectivity index (χ2n) is 2.83. The molecule has 0 amide bonds. The molecule has 0 aliphatic rings. The second-order valence-corrected chi connectivity index (χ2v) is 3.24. The van der Waals surface area contributed by atoms with Crippen molar-refractivity contribution in [2.75, 3.05) is 0 Å². The number of aliphatic carboxylic acids is 1. The van der Waals surface area contributed by atoms with Gasteiger partial charge in [-0.2, -0.15) is 5.26 Å². The van der Waals surface area contributed by atoms with Crippen LogP contribution < -0.4 is 0 Å². The predicted molar refractivity (Wildman–Crippen MR) is 50.3 cm³/mol. The van der Waals surface area contributed by atoms with E-state index in [0.717, 1.165) is 6.07 Å². The van der Waals surface area contributed by atoms with Crippen LogP contribution in [0.2, 0.25) is 5.02 Å². The van der Waals surface area contributed by atoms with Crippen molar-refractivity contribution in [3.63, 3.8) is 0 Å². The van der Waals surface area contributed by atoms with Crippen molar-refractivity contribution < 1.29 is 18.7 Å². The lowest BCUT2D eigenvalue weighted by Crippen LogP contribution is -2.07. The van der Waals surface area contributed by atoms with Crippen LogP contribution in [0.5, 0.6) is 0 Å². The molecule has 0 bridgehead atoms. The topological polar surface area (TPSA) is 74.0 Å². The number of carboxylic acid groups (broad SMARTS) is 1. The van der Waals surface area contributed by atoms with Gasteiger partial charge in [0, 0.05) is 0 Å². The SMILES string of the molecule is N#Cc1c(Cl)cc(C(F)F)nc1CC(=O)O. The molecule has 1 aromatic heterocycles. The molecule has 0 unspecified atom stereocenters. The van der Waals surface area contributed by atoms with Gasteiger partial charge in [-0.15, -0.1) is 0 Å². The number of hydrogen-bond acceptors (Lipinski definition) is 3. The first kappa shape index (κ1) is 12.3. The third-order valence-corrected chi connectivity index (χ3v) is 2.02. The lowest BCUT2D eigenvalue weighted by Gasteiger charge is -2.06. The molecule has 4 nitrogen and oxygen atoms in total. The molecule has 1 rings (SSSR count). The van der Waals surface area contributed by atoms with Crippen LogP contribution in [0, 0.1) is 11.3 Å². The molecule has 0 fully saturated rings. The van der Waals surface area contributed by atoms with Crippen molar-refractivity contribution in [3.05, 3.63) is 28.0 Å². The summed E-state index contributed by atoms with van der Waals surface area (Å²) in [5.41, 5.74) is -1.08. The highest BCUT2D eigenvalue weighted by Crippen LogP contribution is 2.25. The van der Waals surface area contributed by atoms with Crippen LogP contribution in [0.25, 0.3) is 0 Å². The van der Waals surface area contributed by atoms with Gasteiger partial charge >= 0.3 is 5.97 Å². The van der Waals surface area contributed by atoms with E-state index in [1.165, 1.54) is 0 Å². The summed E-state index contributed by atoms with van der Waals surface area (Å²) in [6.07, 6.45) is -3.49. The maximum atomic E-state index is 12.3. The number of nitriles is 1. The van der Waals surface area contributed by atoms with Gasteiger partial charge in [0.25, 0.3) is 6.43 Å². The van der Waals surface area contributed by atoms with Crippen molar-refractivity contribution in [1.29, 1.82) is 5.26 Å². The Balaban J connectivity index is 3.32. The number of nitrogens with zero attached hydrogens (tertiary/aromatic N) is 2. The summed E-state index contributed by atoms with van der Waals surface area (Å²) in [6, 6.07) is 2.49. The van der Waals surface area contributed by atoms with Crippen LogP contribution in [0.1, 0.15) is 23.4 Å². The summed E-state index contributed by atoms with van der Waals surface area (Å²) < 4.78 is 24.7. The van der Waals surface area contributed by atoms with Crippen molar-refractivity contribution >= 4 is 17.6 Å². The van der Waals surface area contributed by atoms with E-state index in [1.54, 1.807) is 6.07 Å². The fraction of sp³-hybridized carbons (Fsp3) is 0.222. The Kier molecular flexibility index (Phi) is 3.74. The summed E-state index contributed by atoms with van der Waals surface area (Å²) in [5, 5.41) is 17.0. The monoisotopic (exact) mass is 246 g/mol. The maximum absolute atomic E-state index is 12.3. The standard InChI is InChI=1S/C9H5ClF2N2O2/c10-5-1-7(9(11)12)14-6(2-8(15)16)4(5)3-13/h1,9H,2H2,(H,15,16). The molecule has 7 heteroatoms. The molecule has 0 radical (unpaired) electrons. The van der Waals surface area contributed by atoms with E-state index in [2.05, 4.69) is 4.98 Å². The Hall–Kier alpha value is -1.74. The smallest absolute Gasteiger partial charge is 0.309 e. The van der Waals surface area contributed by atoms with Crippen LogP contribution in [0.4, 0.5) is 8.78 Å². The second kappa shape index (κ2) is 4.86. The van der Waals surface area contributed by atoms with Crippen molar-refractivity contribution in [2.45, 2.75) is 12.8 Å². The highest BCUT2D eigenvalue weighted by molar-refractivity contribution is 6.31. The average Bonchev–Trinajstić information content (AvgIpc) is 2.16. The summed E-state index contributed by atoms with van der Waals surface area (Å²) in [6.45, 7) is 0. The summed E-state index contributed by atoms with van der Waals surface area (Å²) in [4.78, 5) is 13.9. The number of hydrogen-bond donors (Lipinski definition) is 1. The van der Waals surface area contributed by atoms with Crippen LogP contribution in [0.3, 0.4) is 0 Å². The lowest BCUT2D eigenvalue weighted by molar-refractivity contribution is -0.136. The molecule has 0 atom stereocenters. The Bertz CT molecular complexity index is 471. The Morgan fingerprint density at radius 3 is 2.75 bits per heavy atom. The molecule has 16 heavy (non-hydrogen) atoms. The Morgan fingerprint density at radius 1 is 1.69 bits per heavy atom. The van der Waals surface area contributed by atoms with E-state index in [9.17, 15) is 13.6 Å². The zero-order chi connectivity index (χ0) is 12.3. The quantitative estimate of drug-likeness (QED) is 0.887. The zero-order valence-electron chi connectivity index (χ0n) is 7.75. The number of carbonyl (C=O) groups is 1. The first-order chi connectivity index (χ1) is 7.45. The first-order valence-corrected chi connectivity index (χ1v) is 4.43. The van der Waals surface area contributed by atoms with Gasteiger partial charge in [-0.3, -0.25) is 4.79 Å². The van der Waals surface area contributed by atoms with Gasteiger partial charge in [0.2, 0.25) is 0 Å². The van der Waals surface area contributed by atoms with E-state index < -0.39 is 24.5 Å². The summed E-state index contributed by atoms with van der Waals surface area (Å²) >= 11 is 5.57. The summed E-state index contributed by atoms with van der Waals surface area (Å²) in [5.74, 6) is -1.27. The number of aromatic nitrogens is 1. The van der Waals surface area contributed by atoms with Crippen molar-refractivity contribution in [2.24, 2.45) is 0 Å². The fourth-order valence-electron chi connectivity index (χ4n) is 1.08. The normalized spacial score (nSPS) is 10.2. The number of rotatable bonds is 3. The van der Waals surface area contributed by atoms with Crippen LogP contribution in [-0.4, -0.2) is 16.1 Å². The minimum Gasteiger partial charge on any atom is -0.481 e. The summed E-state index contributed by atoms with van der Waals surface area (Å²) in [7, 11) is 0. The number of pyridine rings is 1. The van der Waals surface area contributed by atoms with Crippen LogP contribution in [-0.2, 0) is 11.2 Å². The zero-order valence-corrected chi connectivity index (χ0v) is 8.50. The van der Waals surface area contributed by atoms with E-state index in [4.69, 9.17) is 22.0 Å². The van der Waals surface area contributed by atoms with Crippen LogP contribution in [0.15, 0.2) is 6.07 Å². The van der Waals surface area contributed by atoms with Gasteiger partial charge in [0.15, 0.2) is 0 Å². The highest BCUT2D eigenvalue weighted by Gasteiger charge is 2.18. The Labute approximate surface area is 94.1 Å². The third kappa shape index (κ3) is 2.64. The van der Waals surface area contributed by atoms with Gasteiger partial charge in [-0.1, -0.05) is 11.6 Å². The Morgan fingerprint density at radius 2 is 2.31 bits per heavy atom. The molecular weight excluding hydrogens is 242 g/mol. The lowest BCUT2D eigenvalue weighted by atomic mass is 10.1. The molecule has 0 spiro atoms. The van der Waals surface area contributed by atoms with E-state index in [0.29, 0.717) is 0 Å². The van der Waals surface area contributed by atoms with Crippen molar-refractivity contribution in [1.82, 2.24) is 4.98 Å². The molecule has 1 heterocycles. The average molecular weight is 247 g/mol. The largest absolute Gasteiger partial charge is 0.481 e. The van der Waals surface area contributed by atoms with Crippen LogP contribution >= 0.6 is 11.6 Å². The minimum absolute atomic E-state index is 0.187. The van der Waals surface area contributed by atoms with E-state index in [-0.39, 0.29) is 16.3 Å². The molecule has 0 aliphatic heterocycles. The third-order valence-electron chi connectivity index (χ3n) is 1.72. The van der Waals surface area contributed by atoms with Gasteiger partial charge in [0.1, 0.15) is 11.8 Å². The van der Waals surface area contributed by atoms with E-state index in [1.807, 2.05) is 0 Å². The molecule has 0 saturated carbocycles. The maximum Gasteiger partial charge on any atom is 0.309 e. The van der Waals surface area contributed by atoms with Gasteiger partial charge < -0.3 is 5.11 Å². The number of halogens is 3. The molecular formula is C9H5ClF2N2O2.